The number of pyridine rings is 1. The molecule has 32 heavy (non-hydrogen) atoms. The number of aromatic nitrogens is 6. The number of hydrogen-bond acceptors (Lipinski definition) is 6. The topological polar surface area (TPSA) is 90.5 Å². The first-order chi connectivity index (χ1) is 15.5. The smallest absolute Gasteiger partial charge is 0.238 e. The molecule has 0 unspecified atom stereocenters. The molecule has 1 aromatic carbocycles. The number of nitrogens with zero attached hydrogens (tertiary/aromatic N) is 6. The Morgan fingerprint density at radius 1 is 1.00 bits per heavy atom. The van der Waals surface area contributed by atoms with E-state index in [1.807, 2.05) is 68.7 Å². The average molecular weight is 448 g/mol. The van der Waals surface area contributed by atoms with Crippen LogP contribution < -0.4 is 5.32 Å². The molecular formula is C23H25N7OS. The largest absolute Gasteiger partial charge is 0.310 e. The second-order valence-electron chi connectivity index (χ2n) is 7.67. The van der Waals surface area contributed by atoms with Crippen LogP contribution in [-0.4, -0.2) is 40.7 Å². The van der Waals surface area contributed by atoms with E-state index in [1.165, 1.54) is 11.8 Å². The molecule has 0 aliphatic rings. The zero-order chi connectivity index (χ0) is 22.7. The number of hydrogen-bond donors (Lipinski definition) is 1. The number of anilines is 1. The van der Waals surface area contributed by atoms with Crippen LogP contribution in [0.3, 0.4) is 0 Å². The van der Waals surface area contributed by atoms with Gasteiger partial charge in [0.05, 0.1) is 17.1 Å². The lowest BCUT2D eigenvalue weighted by molar-refractivity contribution is -0.115. The van der Waals surface area contributed by atoms with Gasteiger partial charge in [0.1, 0.15) is 5.82 Å². The van der Waals surface area contributed by atoms with Gasteiger partial charge in [0.15, 0.2) is 11.0 Å². The monoisotopic (exact) mass is 447 g/mol. The van der Waals surface area contributed by atoms with Gasteiger partial charge in [-0.3, -0.25) is 14.3 Å². The fourth-order valence-corrected chi connectivity index (χ4v) is 4.19. The molecule has 8 nitrogen and oxygen atoms in total. The van der Waals surface area contributed by atoms with Crippen molar-refractivity contribution in [1.29, 1.82) is 0 Å². The number of nitrogens with one attached hydrogen (secondary N) is 1. The molecule has 4 rings (SSSR count). The number of rotatable bonds is 7. The average Bonchev–Trinajstić information content (AvgIpc) is 3.42. The number of benzene rings is 1. The summed E-state index contributed by atoms with van der Waals surface area (Å²) in [6.45, 7) is 7.95. The van der Waals surface area contributed by atoms with Crippen molar-refractivity contribution >= 4 is 23.5 Å². The molecular weight excluding hydrogens is 422 g/mol. The number of amides is 1. The van der Waals surface area contributed by atoms with Crippen LogP contribution in [0.5, 0.6) is 0 Å². The summed E-state index contributed by atoms with van der Waals surface area (Å²) in [5.74, 6) is 1.26. The van der Waals surface area contributed by atoms with Crippen molar-refractivity contribution in [2.75, 3.05) is 5.32 Å². The van der Waals surface area contributed by atoms with E-state index in [0.717, 1.165) is 16.8 Å². The molecule has 1 N–H and O–H groups in total. The predicted molar refractivity (Wildman–Crippen MR) is 126 cm³/mol. The van der Waals surface area contributed by atoms with E-state index in [1.54, 1.807) is 29.3 Å². The number of carbonyl (C=O) groups excluding carboxylic acids is 1. The van der Waals surface area contributed by atoms with Gasteiger partial charge in [-0.15, -0.1) is 10.2 Å². The third kappa shape index (κ3) is 4.43. The van der Waals surface area contributed by atoms with E-state index in [9.17, 15) is 4.79 Å². The molecule has 9 heteroatoms. The van der Waals surface area contributed by atoms with Crippen LogP contribution in [0.4, 0.5) is 5.82 Å². The minimum absolute atomic E-state index is 0.123. The van der Waals surface area contributed by atoms with Gasteiger partial charge < -0.3 is 5.32 Å². The molecule has 0 aliphatic carbocycles. The van der Waals surface area contributed by atoms with Crippen LogP contribution in [0.15, 0.2) is 66.2 Å². The zero-order valence-corrected chi connectivity index (χ0v) is 19.2. The summed E-state index contributed by atoms with van der Waals surface area (Å²) in [7, 11) is 0. The van der Waals surface area contributed by atoms with Crippen molar-refractivity contribution in [3.05, 3.63) is 66.6 Å². The number of carbonyl (C=O) groups is 1. The van der Waals surface area contributed by atoms with Crippen molar-refractivity contribution in [1.82, 2.24) is 29.5 Å². The Kier molecular flexibility index (Phi) is 6.36. The highest BCUT2D eigenvalue weighted by molar-refractivity contribution is 8.00. The summed E-state index contributed by atoms with van der Waals surface area (Å²) in [4.78, 5) is 17.0. The Hall–Kier alpha value is -3.46. The summed E-state index contributed by atoms with van der Waals surface area (Å²) >= 11 is 1.37. The van der Waals surface area contributed by atoms with E-state index in [0.29, 0.717) is 16.8 Å². The van der Waals surface area contributed by atoms with E-state index in [4.69, 9.17) is 0 Å². The Morgan fingerprint density at radius 3 is 2.47 bits per heavy atom. The van der Waals surface area contributed by atoms with Crippen molar-refractivity contribution in [3.63, 3.8) is 0 Å². The van der Waals surface area contributed by atoms with Crippen LogP contribution in [-0.2, 0) is 4.79 Å². The molecule has 0 bridgehead atoms. The maximum atomic E-state index is 12.9. The first-order valence-electron chi connectivity index (χ1n) is 10.4. The second kappa shape index (κ2) is 9.35. The lowest BCUT2D eigenvalue weighted by Gasteiger charge is -2.16. The first kappa shape index (κ1) is 21.8. The fourth-order valence-electron chi connectivity index (χ4n) is 3.33. The van der Waals surface area contributed by atoms with Crippen molar-refractivity contribution in [2.24, 2.45) is 0 Å². The molecule has 3 heterocycles. The molecule has 0 saturated heterocycles. The van der Waals surface area contributed by atoms with Crippen LogP contribution in [0, 0.1) is 6.92 Å². The summed E-state index contributed by atoms with van der Waals surface area (Å²) < 4.78 is 3.78. The Balaban J connectivity index is 1.65. The van der Waals surface area contributed by atoms with E-state index in [2.05, 4.69) is 25.6 Å². The highest BCUT2D eigenvalue weighted by atomic mass is 32.2. The minimum Gasteiger partial charge on any atom is -0.310 e. The second-order valence-corrected chi connectivity index (χ2v) is 8.98. The standard InChI is InChI=1S/C23H25N7OS/c1-15(2)30-20(11-14-25-30)26-22(31)17(4)32-23-28-27-21(18-9-12-24-13-10-18)29(23)19-8-6-5-7-16(19)3/h5-15,17H,1-4H3,(H,26,31)/t17-/m0/s1. The molecule has 0 fully saturated rings. The van der Waals surface area contributed by atoms with Crippen molar-refractivity contribution < 1.29 is 4.79 Å². The Morgan fingerprint density at radius 2 is 1.75 bits per heavy atom. The lowest BCUT2D eigenvalue weighted by Crippen LogP contribution is -2.25. The van der Waals surface area contributed by atoms with Crippen molar-refractivity contribution in [2.45, 2.75) is 44.1 Å². The van der Waals surface area contributed by atoms with Gasteiger partial charge in [0.2, 0.25) is 5.91 Å². The van der Waals surface area contributed by atoms with E-state index < -0.39 is 5.25 Å². The molecule has 0 aliphatic heterocycles. The number of aryl methyl sites for hydroxylation is 1. The molecule has 0 radical (unpaired) electrons. The highest BCUT2D eigenvalue weighted by Gasteiger charge is 2.23. The SMILES string of the molecule is Cc1ccccc1-n1c(S[C@@H](C)C(=O)Nc2ccnn2C(C)C)nnc1-c1ccncc1. The summed E-state index contributed by atoms with van der Waals surface area (Å²) in [5, 5.41) is 16.4. The first-order valence-corrected chi connectivity index (χ1v) is 11.3. The van der Waals surface area contributed by atoms with Gasteiger partial charge in [0, 0.05) is 30.1 Å². The summed E-state index contributed by atoms with van der Waals surface area (Å²) in [6.07, 6.45) is 5.14. The molecule has 0 spiro atoms. The van der Waals surface area contributed by atoms with Crippen LogP contribution in [0.1, 0.15) is 32.4 Å². The molecule has 3 aromatic heterocycles. The van der Waals surface area contributed by atoms with Crippen LogP contribution in [0.25, 0.3) is 17.1 Å². The van der Waals surface area contributed by atoms with Gasteiger partial charge in [-0.1, -0.05) is 30.0 Å². The maximum absolute atomic E-state index is 12.9. The molecule has 164 valence electrons. The van der Waals surface area contributed by atoms with Crippen LogP contribution in [0.2, 0.25) is 0 Å². The number of thioether (sulfide) groups is 1. The van der Waals surface area contributed by atoms with Crippen LogP contribution >= 0.6 is 11.8 Å². The van der Waals surface area contributed by atoms with E-state index in [-0.39, 0.29) is 11.9 Å². The normalized spacial score (nSPS) is 12.2. The van der Waals surface area contributed by atoms with Gasteiger partial charge in [-0.05, 0) is 51.5 Å². The molecule has 1 amide bonds. The van der Waals surface area contributed by atoms with Gasteiger partial charge in [0.25, 0.3) is 0 Å². The van der Waals surface area contributed by atoms with E-state index >= 15 is 0 Å². The lowest BCUT2D eigenvalue weighted by atomic mass is 10.2. The quantitative estimate of drug-likeness (QED) is 0.419. The number of para-hydroxylation sites is 1. The van der Waals surface area contributed by atoms with Gasteiger partial charge in [-0.2, -0.15) is 5.10 Å². The van der Waals surface area contributed by atoms with Gasteiger partial charge in [-0.25, -0.2) is 4.68 Å². The van der Waals surface area contributed by atoms with Crippen molar-refractivity contribution in [3.8, 4) is 17.1 Å². The highest BCUT2D eigenvalue weighted by Crippen LogP contribution is 2.31. The Labute approximate surface area is 191 Å². The zero-order valence-electron chi connectivity index (χ0n) is 18.4. The maximum Gasteiger partial charge on any atom is 0.238 e. The molecule has 4 aromatic rings. The molecule has 1 atom stereocenters. The predicted octanol–water partition coefficient (Wildman–Crippen LogP) is 4.53. The molecule has 0 saturated carbocycles. The third-order valence-electron chi connectivity index (χ3n) is 4.99. The third-order valence-corrected chi connectivity index (χ3v) is 6.03. The summed E-state index contributed by atoms with van der Waals surface area (Å²) in [6, 6.07) is 13.8. The summed E-state index contributed by atoms with van der Waals surface area (Å²) in [5.41, 5.74) is 2.96. The van der Waals surface area contributed by atoms with Gasteiger partial charge >= 0.3 is 0 Å². The minimum atomic E-state index is -0.400. The fraction of sp³-hybridized carbons (Fsp3) is 0.261. The Bertz CT molecular complexity index is 1220.